The van der Waals surface area contributed by atoms with Crippen LogP contribution in [0.2, 0.25) is 10.0 Å². The van der Waals surface area contributed by atoms with E-state index >= 15 is 0 Å². The van der Waals surface area contributed by atoms with E-state index in [0.29, 0.717) is 28.5 Å². The highest BCUT2D eigenvalue weighted by Gasteiger charge is 2.26. The summed E-state index contributed by atoms with van der Waals surface area (Å²) < 4.78 is 0. The molecule has 0 spiro atoms. The average Bonchev–Trinajstić information content (AvgIpc) is 3.04. The Bertz CT molecular complexity index is 808. The van der Waals surface area contributed by atoms with Gasteiger partial charge in [-0.25, -0.2) is 0 Å². The second-order valence-electron chi connectivity index (χ2n) is 6.02. The first kappa shape index (κ1) is 21.6. The van der Waals surface area contributed by atoms with E-state index in [0.717, 1.165) is 0 Å². The van der Waals surface area contributed by atoms with Crippen molar-refractivity contribution in [1.82, 2.24) is 16.0 Å². The Morgan fingerprint density at radius 3 is 2.54 bits per heavy atom. The van der Waals surface area contributed by atoms with Gasteiger partial charge in [0.05, 0.1) is 6.42 Å². The summed E-state index contributed by atoms with van der Waals surface area (Å²) in [5.74, 6) is -2.06. The summed E-state index contributed by atoms with van der Waals surface area (Å²) in [6.07, 6.45) is 0.480. The Labute approximate surface area is 171 Å². The van der Waals surface area contributed by atoms with Crippen LogP contribution in [0.3, 0.4) is 0 Å². The molecule has 1 fully saturated rings. The fourth-order valence-electron chi connectivity index (χ4n) is 2.49. The molecule has 0 aliphatic carbocycles. The number of aliphatic imine (C=N–C) groups is 1. The van der Waals surface area contributed by atoms with Crippen LogP contribution in [-0.2, 0) is 25.6 Å². The lowest BCUT2D eigenvalue weighted by atomic mass is 10.1. The van der Waals surface area contributed by atoms with E-state index in [-0.39, 0.29) is 37.2 Å². The molecule has 4 amide bonds. The van der Waals surface area contributed by atoms with E-state index in [2.05, 4.69) is 20.9 Å². The molecule has 1 aromatic carbocycles. The van der Waals surface area contributed by atoms with Gasteiger partial charge in [-0.3, -0.25) is 24.5 Å². The number of nitrogens with zero attached hydrogens (tertiary/aromatic N) is 1. The van der Waals surface area contributed by atoms with Gasteiger partial charge < -0.3 is 16.4 Å². The number of benzene rings is 1. The minimum Gasteiger partial charge on any atom is -0.369 e. The van der Waals surface area contributed by atoms with Crippen molar-refractivity contribution in [2.75, 3.05) is 6.54 Å². The Morgan fingerprint density at radius 1 is 1.25 bits per heavy atom. The van der Waals surface area contributed by atoms with Crippen molar-refractivity contribution >= 4 is 52.8 Å². The van der Waals surface area contributed by atoms with Gasteiger partial charge in [0.25, 0.3) is 5.91 Å². The summed E-state index contributed by atoms with van der Waals surface area (Å²) in [7, 11) is 0. The minimum absolute atomic E-state index is 0.0317. The smallest absolute Gasteiger partial charge is 0.250 e. The van der Waals surface area contributed by atoms with Gasteiger partial charge in [-0.15, -0.1) is 0 Å². The molecule has 5 N–H and O–H groups in total. The molecule has 1 aromatic rings. The fourth-order valence-corrected chi connectivity index (χ4v) is 3.02. The summed E-state index contributed by atoms with van der Waals surface area (Å²) in [6.45, 7) is 0.0317. The molecule has 0 bridgehead atoms. The third kappa shape index (κ3) is 6.50. The minimum atomic E-state index is -0.621. The van der Waals surface area contributed by atoms with Gasteiger partial charge in [-0.05, 0) is 24.1 Å². The van der Waals surface area contributed by atoms with Gasteiger partial charge in [0, 0.05) is 29.4 Å². The van der Waals surface area contributed by atoms with E-state index in [1.165, 1.54) is 0 Å². The van der Waals surface area contributed by atoms with E-state index < -0.39 is 17.9 Å². The first-order chi connectivity index (χ1) is 13.3. The van der Waals surface area contributed by atoms with Crippen LogP contribution in [0.4, 0.5) is 0 Å². The molecule has 28 heavy (non-hydrogen) atoms. The lowest BCUT2D eigenvalue weighted by molar-refractivity contribution is -0.126. The topological polar surface area (TPSA) is 143 Å². The number of nitrogens with one attached hydrogen (secondary N) is 3. The highest BCUT2D eigenvalue weighted by Crippen LogP contribution is 2.24. The summed E-state index contributed by atoms with van der Waals surface area (Å²) in [6, 6.07) is 4.28. The molecule has 0 unspecified atom stereocenters. The van der Waals surface area contributed by atoms with Crippen molar-refractivity contribution < 1.29 is 19.2 Å². The molecule has 11 heteroatoms. The van der Waals surface area contributed by atoms with E-state index in [1.54, 1.807) is 18.2 Å². The van der Waals surface area contributed by atoms with Gasteiger partial charge in [-0.2, -0.15) is 4.99 Å². The molecule has 0 radical (unpaired) electrons. The lowest BCUT2D eigenvalue weighted by Crippen LogP contribution is -2.42. The van der Waals surface area contributed by atoms with Crippen LogP contribution in [0.15, 0.2) is 23.2 Å². The van der Waals surface area contributed by atoms with Crippen molar-refractivity contribution in [3.8, 4) is 0 Å². The van der Waals surface area contributed by atoms with E-state index in [1.807, 2.05) is 0 Å². The van der Waals surface area contributed by atoms with Crippen LogP contribution in [0.25, 0.3) is 0 Å². The third-order valence-electron chi connectivity index (χ3n) is 3.86. The van der Waals surface area contributed by atoms with Crippen molar-refractivity contribution in [2.45, 2.75) is 31.7 Å². The second kappa shape index (κ2) is 10.0. The molecular weight excluding hydrogens is 409 g/mol. The van der Waals surface area contributed by atoms with Crippen LogP contribution in [-0.4, -0.2) is 42.2 Å². The molecule has 1 aliphatic heterocycles. The van der Waals surface area contributed by atoms with Crippen LogP contribution in [0.5, 0.6) is 0 Å². The maximum atomic E-state index is 12.0. The van der Waals surface area contributed by atoms with Crippen LogP contribution in [0, 0.1) is 0 Å². The van der Waals surface area contributed by atoms with Gasteiger partial charge in [0.1, 0.15) is 6.04 Å². The van der Waals surface area contributed by atoms with Gasteiger partial charge in [-0.1, -0.05) is 29.3 Å². The Hall–Kier alpha value is -2.65. The largest absolute Gasteiger partial charge is 0.369 e. The molecule has 1 atom stereocenters. The Kier molecular flexibility index (Phi) is 7.77. The normalized spacial score (nSPS) is 16.4. The van der Waals surface area contributed by atoms with Crippen LogP contribution in [0.1, 0.15) is 24.8 Å². The maximum absolute atomic E-state index is 12.0. The SMILES string of the molecule is NC(=NC(=O)CCNC(=O)[C@@H]1CCC(=O)N1)NC(=O)Cc1c(Cl)cccc1Cl. The number of hydrogen-bond donors (Lipinski definition) is 4. The zero-order chi connectivity index (χ0) is 20.7. The van der Waals surface area contributed by atoms with Gasteiger partial charge in [0.15, 0.2) is 0 Å². The zero-order valence-corrected chi connectivity index (χ0v) is 16.3. The molecule has 2 rings (SSSR count). The maximum Gasteiger partial charge on any atom is 0.250 e. The molecule has 0 saturated carbocycles. The molecule has 1 aliphatic rings. The predicted octanol–water partition coefficient (Wildman–Crippen LogP) is 0.278. The monoisotopic (exact) mass is 427 g/mol. The van der Waals surface area contributed by atoms with Crippen LogP contribution >= 0.6 is 23.2 Å². The molecule has 9 nitrogen and oxygen atoms in total. The predicted molar refractivity (Wildman–Crippen MR) is 104 cm³/mol. The summed E-state index contributed by atoms with van der Waals surface area (Å²) in [4.78, 5) is 50.2. The summed E-state index contributed by atoms with van der Waals surface area (Å²) in [5, 5.41) is 8.01. The number of carbonyl (C=O) groups is 4. The lowest BCUT2D eigenvalue weighted by Gasteiger charge is -2.10. The molecule has 1 saturated heterocycles. The molecule has 1 heterocycles. The number of guanidine groups is 1. The van der Waals surface area contributed by atoms with E-state index in [9.17, 15) is 19.2 Å². The molecular formula is C17H19Cl2N5O4. The number of amides is 4. The Morgan fingerprint density at radius 2 is 1.93 bits per heavy atom. The van der Waals surface area contributed by atoms with E-state index in [4.69, 9.17) is 28.9 Å². The zero-order valence-electron chi connectivity index (χ0n) is 14.8. The van der Waals surface area contributed by atoms with Crippen molar-refractivity contribution in [3.63, 3.8) is 0 Å². The number of hydrogen-bond acceptors (Lipinski definition) is 4. The molecule has 0 aromatic heterocycles. The van der Waals surface area contributed by atoms with Crippen LogP contribution < -0.4 is 21.7 Å². The fraction of sp³-hybridized carbons (Fsp3) is 0.353. The number of rotatable bonds is 6. The summed E-state index contributed by atoms with van der Waals surface area (Å²) >= 11 is 12.0. The Balaban J connectivity index is 1.76. The third-order valence-corrected chi connectivity index (χ3v) is 4.57. The number of nitrogens with two attached hydrogens (primary N) is 1. The summed E-state index contributed by atoms with van der Waals surface area (Å²) in [5.41, 5.74) is 5.98. The number of carbonyl (C=O) groups excluding carboxylic acids is 4. The second-order valence-corrected chi connectivity index (χ2v) is 6.83. The number of halogens is 2. The van der Waals surface area contributed by atoms with Crippen molar-refractivity contribution in [3.05, 3.63) is 33.8 Å². The van der Waals surface area contributed by atoms with Gasteiger partial charge in [0.2, 0.25) is 23.7 Å². The highest BCUT2D eigenvalue weighted by molar-refractivity contribution is 6.36. The first-order valence-corrected chi connectivity index (χ1v) is 9.18. The molecule has 150 valence electrons. The average molecular weight is 428 g/mol. The van der Waals surface area contributed by atoms with Crippen molar-refractivity contribution in [1.29, 1.82) is 0 Å². The quantitative estimate of drug-likeness (QED) is 0.380. The first-order valence-electron chi connectivity index (χ1n) is 8.43. The standard InChI is InChI=1S/C17H19Cl2N5O4/c18-10-2-1-3-11(19)9(10)8-15(27)24-17(20)23-14(26)6-7-21-16(28)12-4-5-13(25)22-12/h1-3,12H,4-8H2,(H,21,28)(H,22,25)(H3,20,23,24,26,27)/t12-/m0/s1. The highest BCUT2D eigenvalue weighted by atomic mass is 35.5. The van der Waals surface area contributed by atoms with Gasteiger partial charge >= 0.3 is 0 Å². The van der Waals surface area contributed by atoms with Crippen molar-refractivity contribution in [2.24, 2.45) is 10.7 Å².